The highest BCUT2D eigenvalue weighted by atomic mass is 19.1. The highest BCUT2D eigenvalue weighted by Crippen LogP contribution is 2.29. The van der Waals surface area contributed by atoms with Gasteiger partial charge in [0.15, 0.2) is 0 Å². The molecular formula is C14H15FN2. The lowest BCUT2D eigenvalue weighted by Gasteiger charge is -2.17. The van der Waals surface area contributed by atoms with Crippen LogP contribution >= 0.6 is 0 Å². The zero-order valence-corrected chi connectivity index (χ0v) is 9.65. The molecule has 0 aliphatic heterocycles. The van der Waals surface area contributed by atoms with Crippen molar-refractivity contribution in [3.8, 4) is 0 Å². The highest BCUT2D eigenvalue weighted by molar-refractivity contribution is 5.57. The van der Waals surface area contributed by atoms with Crippen LogP contribution in [-0.2, 0) is 0 Å². The fourth-order valence-corrected chi connectivity index (χ4v) is 1.86. The highest BCUT2D eigenvalue weighted by Gasteiger charge is 2.17. The lowest BCUT2D eigenvalue weighted by Crippen LogP contribution is -2.16. The Morgan fingerprint density at radius 1 is 1.06 bits per heavy atom. The standard InChI is InChI=1S/C14H15FN2/c1-9-7-8-11(15)12(13(9)16)14(17)10-5-3-2-4-6-10/h2-8,14H,16-17H2,1H3. The molecule has 0 heterocycles. The van der Waals surface area contributed by atoms with Gasteiger partial charge in [0, 0.05) is 11.3 Å². The first kappa shape index (κ1) is 11.6. The summed E-state index contributed by atoms with van der Waals surface area (Å²) in [6.45, 7) is 1.84. The monoisotopic (exact) mass is 230 g/mol. The van der Waals surface area contributed by atoms with Gasteiger partial charge in [0.1, 0.15) is 5.82 Å². The second-order valence-corrected chi connectivity index (χ2v) is 4.08. The fourth-order valence-electron chi connectivity index (χ4n) is 1.86. The summed E-state index contributed by atoms with van der Waals surface area (Å²) in [6.07, 6.45) is 0. The lowest BCUT2D eigenvalue weighted by atomic mass is 9.96. The minimum atomic E-state index is -0.531. The molecule has 0 amide bonds. The molecule has 0 aliphatic rings. The van der Waals surface area contributed by atoms with E-state index in [0.29, 0.717) is 11.3 Å². The van der Waals surface area contributed by atoms with Crippen LogP contribution in [0.3, 0.4) is 0 Å². The van der Waals surface area contributed by atoms with E-state index in [2.05, 4.69) is 0 Å². The van der Waals surface area contributed by atoms with Crippen LogP contribution in [-0.4, -0.2) is 0 Å². The topological polar surface area (TPSA) is 52.0 Å². The molecule has 4 N–H and O–H groups in total. The van der Waals surface area contributed by atoms with E-state index in [1.165, 1.54) is 6.07 Å². The van der Waals surface area contributed by atoms with Gasteiger partial charge in [0.25, 0.3) is 0 Å². The number of benzene rings is 2. The van der Waals surface area contributed by atoms with Crippen LogP contribution in [0.25, 0.3) is 0 Å². The van der Waals surface area contributed by atoms with E-state index >= 15 is 0 Å². The van der Waals surface area contributed by atoms with Gasteiger partial charge in [-0.15, -0.1) is 0 Å². The predicted octanol–water partition coefficient (Wildman–Crippen LogP) is 2.76. The van der Waals surface area contributed by atoms with Crippen LogP contribution in [0.4, 0.5) is 10.1 Å². The SMILES string of the molecule is Cc1ccc(F)c(C(N)c2ccccc2)c1N. The van der Waals surface area contributed by atoms with Crippen LogP contribution in [0, 0.1) is 12.7 Å². The molecule has 0 fully saturated rings. The Labute approximate surface area is 100 Å². The number of aryl methyl sites for hydroxylation is 1. The average Bonchev–Trinajstić information content (AvgIpc) is 2.35. The van der Waals surface area contributed by atoms with Crippen molar-refractivity contribution in [2.75, 3.05) is 5.73 Å². The number of anilines is 1. The molecule has 0 bridgehead atoms. The van der Waals surface area contributed by atoms with Crippen molar-refractivity contribution >= 4 is 5.69 Å². The summed E-state index contributed by atoms with van der Waals surface area (Å²) in [5, 5.41) is 0. The van der Waals surface area contributed by atoms with Gasteiger partial charge in [0.05, 0.1) is 6.04 Å². The van der Waals surface area contributed by atoms with Gasteiger partial charge in [-0.1, -0.05) is 36.4 Å². The van der Waals surface area contributed by atoms with Crippen molar-refractivity contribution in [3.05, 3.63) is 65.0 Å². The predicted molar refractivity (Wildman–Crippen MR) is 68.0 cm³/mol. The molecule has 0 aliphatic carbocycles. The Balaban J connectivity index is 2.51. The van der Waals surface area contributed by atoms with Gasteiger partial charge in [-0.05, 0) is 24.1 Å². The molecule has 0 spiro atoms. The van der Waals surface area contributed by atoms with Crippen molar-refractivity contribution in [1.82, 2.24) is 0 Å². The van der Waals surface area contributed by atoms with Gasteiger partial charge in [-0.2, -0.15) is 0 Å². The minimum Gasteiger partial charge on any atom is -0.398 e. The van der Waals surface area contributed by atoms with Crippen LogP contribution < -0.4 is 11.5 Å². The van der Waals surface area contributed by atoms with Crippen LogP contribution in [0.15, 0.2) is 42.5 Å². The Kier molecular flexibility index (Phi) is 3.11. The van der Waals surface area contributed by atoms with Gasteiger partial charge in [-0.3, -0.25) is 0 Å². The van der Waals surface area contributed by atoms with Crippen molar-refractivity contribution in [1.29, 1.82) is 0 Å². The van der Waals surface area contributed by atoms with Crippen LogP contribution in [0.1, 0.15) is 22.7 Å². The summed E-state index contributed by atoms with van der Waals surface area (Å²) in [5.41, 5.74) is 14.5. The summed E-state index contributed by atoms with van der Waals surface area (Å²) in [7, 11) is 0. The zero-order valence-electron chi connectivity index (χ0n) is 9.65. The normalized spacial score (nSPS) is 12.4. The van der Waals surface area contributed by atoms with E-state index in [1.807, 2.05) is 37.3 Å². The number of hydrogen-bond donors (Lipinski definition) is 2. The summed E-state index contributed by atoms with van der Waals surface area (Å²) in [5.74, 6) is -0.357. The third kappa shape index (κ3) is 2.15. The largest absolute Gasteiger partial charge is 0.398 e. The zero-order chi connectivity index (χ0) is 12.4. The third-order valence-electron chi connectivity index (χ3n) is 2.92. The van der Waals surface area contributed by atoms with Crippen molar-refractivity contribution in [2.45, 2.75) is 13.0 Å². The molecular weight excluding hydrogens is 215 g/mol. The molecule has 0 saturated heterocycles. The molecule has 2 rings (SSSR count). The molecule has 2 aromatic carbocycles. The second-order valence-electron chi connectivity index (χ2n) is 4.08. The maximum Gasteiger partial charge on any atom is 0.130 e. The van der Waals surface area contributed by atoms with Crippen LogP contribution in [0.5, 0.6) is 0 Å². The number of rotatable bonds is 2. The van der Waals surface area contributed by atoms with Gasteiger partial charge < -0.3 is 11.5 Å². The first-order valence-electron chi connectivity index (χ1n) is 5.46. The molecule has 1 unspecified atom stereocenters. The van der Waals surface area contributed by atoms with Crippen molar-refractivity contribution in [2.24, 2.45) is 5.73 Å². The van der Waals surface area contributed by atoms with Gasteiger partial charge in [0.2, 0.25) is 0 Å². The Bertz CT molecular complexity index is 523. The molecule has 17 heavy (non-hydrogen) atoms. The summed E-state index contributed by atoms with van der Waals surface area (Å²) in [6, 6.07) is 11.9. The lowest BCUT2D eigenvalue weighted by molar-refractivity contribution is 0.600. The number of halogens is 1. The fraction of sp³-hybridized carbons (Fsp3) is 0.143. The van der Waals surface area contributed by atoms with Crippen molar-refractivity contribution in [3.63, 3.8) is 0 Å². The first-order valence-corrected chi connectivity index (χ1v) is 5.46. The maximum atomic E-state index is 13.8. The second kappa shape index (κ2) is 4.55. The Hall–Kier alpha value is -1.87. The molecule has 2 nitrogen and oxygen atoms in total. The average molecular weight is 230 g/mol. The molecule has 0 radical (unpaired) electrons. The van der Waals surface area contributed by atoms with Crippen LogP contribution in [0.2, 0.25) is 0 Å². The number of nitrogens with two attached hydrogens (primary N) is 2. The van der Waals surface area contributed by atoms with E-state index in [0.717, 1.165) is 11.1 Å². The third-order valence-corrected chi connectivity index (χ3v) is 2.92. The Morgan fingerprint density at radius 2 is 1.71 bits per heavy atom. The maximum absolute atomic E-state index is 13.8. The van der Waals surface area contributed by atoms with E-state index in [9.17, 15) is 4.39 Å². The summed E-state index contributed by atoms with van der Waals surface area (Å²) < 4.78 is 13.8. The molecule has 2 aromatic rings. The van der Waals surface area contributed by atoms with E-state index in [-0.39, 0.29) is 5.82 Å². The van der Waals surface area contributed by atoms with Gasteiger partial charge >= 0.3 is 0 Å². The van der Waals surface area contributed by atoms with E-state index in [4.69, 9.17) is 11.5 Å². The molecule has 0 saturated carbocycles. The summed E-state index contributed by atoms with van der Waals surface area (Å²) >= 11 is 0. The number of nitrogen functional groups attached to an aromatic ring is 1. The van der Waals surface area contributed by atoms with Crippen molar-refractivity contribution < 1.29 is 4.39 Å². The minimum absolute atomic E-state index is 0.357. The smallest absolute Gasteiger partial charge is 0.130 e. The van der Waals surface area contributed by atoms with E-state index < -0.39 is 6.04 Å². The number of hydrogen-bond acceptors (Lipinski definition) is 2. The summed E-state index contributed by atoms with van der Waals surface area (Å²) in [4.78, 5) is 0. The van der Waals surface area contributed by atoms with E-state index in [1.54, 1.807) is 6.07 Å². The van der Waals surface area contributed by atoms with Gasteiger partial charge in [-0.25, -0.2) is 4.39 Å². The molecule has 3 heteroatoms. The molecule has 88 valence electrons. The first-order chi connectivity index (χ1) is 8.11. The Morgan fingerprint density at radius 3 is 2.35 bits per heavy atom. The molecule has 1 atom stereocenters. The quantitative estimate of drug-likeness (QED) is 0.779. The molecule has 0 aromatic heterocycles.